The molecule has 0 saturated carbocycles. The van der Waals surface area contributed by atoms with E-state index in [1.165, 1.54) is 31.4 Å². The van der Waals surface area contributed by atoms with Crippen LogP contribution >= 0.6 is 15.9 Å². The molecule has 6 nitrogen and oxygen atoms in total. The average Bonchev–Trinajstić information content (AvgIpc) is 2.54. The number of para-hydroxylation sites is 2. The molecular weight excluding hydrogens is 400 g/mol. The molecule has 0 aliphatic heterocycles. The van der Waals surface area contributed by atoms with Crippen molar-refractivity contribution in [2.75, 3.05) is 13.7 Å². The van der Waals surface area contributed by atoms with E-state index in [1.807, 2.05) is 0 Å². The van der Waals surface area contributed by atoms with Crippen LogP contribution in [0.3, 0.4) is 0 Å². The number of rotatable bonds is 6. The first-order valence-electron chi connectivity index (χ1n) is 6.93. The number of carbonyl (C=O) groups is 1. The number of ether oxygens (including phenoxy) is 2. The van der Waals surface area contributed by atoms with Crippen LogP contribution in [0.2, 0.25) is 0 Å². The van der Waals surface area contributed by atoms with Crippen molar-refractivity contribution in [1.82, 2.24) is 0 Å². The lowest BCUT2D eigenvalue weighted by Crippen LogP contribution is -2.12. The van der Waals surface area contributed by atoms with Gasteiger partial charge in [-0.15, -0.1) is 0 Å². The number of benzene rings is 2. The zero-order valence-corrected chi connectivity index (χ0v) is 15.4. The molecule has 0 saturated heterocycles. The predicted octanol–water partition coefficient (Wildman–Crippen LogP) is 3.40. The topological polar surface area (TPSA) is 78.9 Å². The van der Waals surface area contributed by atoms with Crippen molar-refractivity contribution in [2.24, 2.45) is 0 Å². The Labute approximate surface area is 148 Å². The van der Waals surface area contributed by atoms with E-state index in [9.17, 15) is 13.2 Å². The van der Waals surface area contributed by atoms with Gasteiger partial charge in [-0.2, -0.15) is 8.42 Å². The first kappa shape index (κ1) is 18.3. The van der Waals surface area contributed by atoms with Gasteiger partial charge in [-0.05, 0) is 53.2 Å². The quantitative estimate of drug-likeness (QED) is 0.532. The van der Waals surface area contributed by atoms with E-state index < -0.39 is 16.1 Å². The molecule has 2 aromatic carbocycles. The maximum Gasteiger partial charge on any atom is 0.340 e. The van der Waals surface area contributed by atoms with Crippen LogP contribution in [-0.2, 0) is 14.9 Å². The van der Waals surface area contributed by atoms with E-state index in [1.54, 1.807) is 25.1 Å². The third kappa shape index (κ3) is 4.07. The van der Waals surface area contributed by atoms with E-state index >= 15 is 0 Å². The second-order valence-corrected chi connectivity index (χ2v) is 6.92. The van der Waals surface area contributed by atoms with Crippen LogP contribution in [0.1, 0.15) is 17.3 Å². The van der Waals surface area contributed by atoms with Crippen molar-refractivity contribution >= 4 is 32.0 Å². The molecule has 0 amide bonds. The molecule has 2 aromatic rings. The largest absolute Gasteiger partial charge is 0.493 e. The Balaban J connectivity index is 2.34. The Kier molecular flexibility index (Phi) is 5.84. The van der Waals surface area contributed by atoms with Gasteiger partial charge in [0.2, 0.25) is 0 Å². The van der Waals surface area contributed by atoms with Crippen LogP contribution in [0.25, 0.3) is 0 Å². The minimum absolute atomic E-state index is 0.0707. The maximum atomic E-state index is 12.5. The standard InChI is InChI=1S/C16H15BrO6S/c1-3-22-16(18)11-8-9-15(12(17)10-11)24(19,20)23-14-7-5-4-6-13(14)21-2/h4-10H,3H2,1-2H3. The number of esters is 1. The molecule has 128 valence electrons. The number of carbonyl (C=O) groups excluding carboxylic acids is 1. The SMILES string of the molecule is CCOC(=O)c1ccc(S(=O)(=O)Oc2ccccc2OC)c(Br)c1. The van der Waals surface area contributed by atoms with Gasteiger partial charge in [0.25, 0.3) is 0 Å². The zero-order chi connectivity index (χ0) is 17.7. The molecule has 0 unspecified atom stereocenters. The summed E-state index contributed by atoms with van der Waals surface area (Å²) in [4.78, 5) is 11.6. The lowest BCUT2D eigenvalue weighted by atomic mass is 10.2. The summed E-state index contributed by atoms with van der Waals surface area (Å²) in [5.41, 5.74) is 0.236. The molecule has 2 rings (SSSR count). The predicted molar refractivity (Wildman–Crippen MR) is 90.9 cm³/mol. The van der Waals surface area contributed by atoms with Gasteiger partial charge >= 0.3 is 16.1 Å². The highest BCUT2D eigenvalue weighted by molar-refractivity contribution is 9.10. The highest BCUT2D eigenvalue weighted by Gasteiger charge is 2.23. The third-order valence-corrected chi connectivity index (χ3v) is 5.19. The smallest absolute Gasteiger partial charge is 0.340 e. The van der Waals surface area contributed by atoms with Crippen molar-refractivity contribution < 1.29 is 26.9 Å². The molecule has 8 heteroatoms. The summed E-state index contributed by atoms with van der Waals surface area (Å²) in [5.74, 6) is -0.172. The fourth-order valence-electron chi connectivity index (χ4n) is 1.90. The normalized spacial score (nSPS) is 11.0. The van der Waals surface area contributed by atoms with Gasteiger partial charge < -0.3 is 13.7 Å². The fourth-order valence-corrected chi connectivity index (χ4v) is 3.87. The van der Waals surface area contributed by atoms with Crippen LogP contribution in [0.4, 0.5) is 0 Å². The summed E-state index contributed by atoms with van der Waals surface area (Å²) >= 11 is 3.15. The van der Waals surface area contributed by atoms with Gasteiger partial charge in [0, 0.05) is 4.47 Å². The van der Waals surface area contributed by atoms with E-state index in [-0.39, 0.29) is 27.3 Å². The number of halogens is 1. The molecule has 0 bridgehead atoms. The molecular formula is C16H15BrO6S. The number of hydrogen-bond donors (Lipinski definition) is 0. The summed E-state index contributed by atoms with van der Waals surface area (Å²) in [5, 5.41) is 0. The average molecular weight is 415 g/mol. The number of hydrogen-bond acceptors (Lipinski definition) is 6. The Morgan fingerprint density at radius 1 is 1.12 bits per heavy atom. The minimum atomic E-state index is -4.11. The molecule has 0 aliphatic rings. The van der Waals surface area contributed by atoms with Crippen molar-refractivity contribution in [1.29, 1.82) is 0 Å². The Hall–Kier alpha value is -2.06. The van der Waals surface area contributed by atoms with Gasteiger partial charge in [0.15, 0.2) is 11.5 Å². The van der Waals surface area contributed by atoms with Crippen molar-refractivity contribution in [3.05, 3.63) is 52.5 Å². The first-order valence-corrected chi connectivity index (χ1v) is 9.13. The highest BCUT2D eigenvalue weighted by Crippen LogP contribution is 2.31. The van der Waals surface area contributed by atoms with Crippen molar-refractivity contribution in [3.63, 3.8) is 0 Å². The van der Waals surface area contributed by atoms with Crippen LogP contribution in [0.5, 0.6) is 11.5 Å². The van der Waals surface area contributed by atoms with Crippen molar-refractivity contribution in [2.45, 2.75) is 11.8 Å². The molecule has 0 heterocycles. The third-order valence-electron chi connectivity index (χ3n) is 2.98. The van der Waals surface area contributed by atoms with Crippen LogP contribution < -0.4 is 8.92 Å². The van der Waals surface area contributed by atoms with Gasteiger partial charge in [0.1, 0.15) is 4.90 Å². The molecule has 0 atom stereocenters. The molecule has 24 heavy (non-hydrogen) atoms. The van der Waals surface area contributed by atoms with E-state index in [4.69, 9.17) is 13.7 Å². The Morgan fingerprint density at radius 2 is 1.79 bits per heavy atom. The maximum absolute atomic E-state index is 12.5. The summed E-state index contributed by atoms with van der Waals surface area (Å²) < 4.78 is 40.2. The van der Waals surface area contributed by atoms with E-state index in [0.717, 1.165) is 0 Å². The van der Waals surface area contributed by atoms with Gasteiger partial charge in [-0.25, -0.2) is 4.79 Å². The van der Waals surface area contributed by atoms with Gasteiger partial charge in [-0.1, -0.05) is 12.1 Å². The lowest BCUT2D eigenvalue weighted by molar-refractivity contribution is 0.0526. The highest BCUT2D eigenvalue weighted by atomic mass is 79.9. The molecule has 0 aromatic heterocycles. The minimum Gasteiger partial charge on any atom is -0.493 e. The second kappa shape index (κ2) is 7.67. The summed E-state index contributed by atoms with van der Waals surface area (Å²) in [6, 6.07) is 10.4. The molecule has 0 aliphatic carbocycles. The van der Waals surface area contributed by atoms with Crippen molar-refractivity contribution in [3.8, 4) is 11.5 Å². The molecule has 0 N–H and O–H groups in total. The summed E-state index contributed by atoms with van der Waals surface area (Å²) in [7, 11) is -2.69. The second-order valence-electron chi connectivity index (χ2n) is 4.55. The first-order chi connectivity index (χ1) is 11.4. The van der Waals surface area contributed by atoms with Gasteiger partial charge in [-0.3, -0.25) is 0 Å². The lowest BCUT2D eigenvalue weighted by Gasteiger charge is -2.12. The van der Waals surface area contributed by atoms with Crippen LogP contribution in [-0.4, -0.2) is 28.1 Å². The number of methoxy groups -OCH3 is 1. The molecule has 0 fully saturated rings. The molecule has 0 spiro atoms. The van der Waals surface area contributed by atoms with Crippen LogP contribution in [0, 0.1) is 0 Å². The van der Waals surface area contributed by atoms with E-state index in [2.05, 4.69) is 15.9 Å². The monoisotopic (exact) mass is 414 g/mol. The Morgan fingerprint density at radius 3 is 2.38 bits per heavy atom. The zero-order valence-electron chi connectivity index (χ0n) is 13.0. The Bertz CT molecular complexity index is 847. The van der Waals surface area contributed by atoms with Gasteiger partial charge in [0.05, 0.1) is 19.3 Å². The summed E-state index contributed by atoms with van der Waals surface area (Å²) in [6.45, 7) is 1.92. The fraction of sp³-hybridized carbons (Fsp3) is 0.188. The summed E-state index contributed by atoms with van der Waals surface area (Å²) in [6.07, 6.45) is 0. The van der Waals surface area contributed by atoms with Crippen LogP contribution in [0.15, 0.2) is 51.8 Å². The molecule has 0 radical (unpaired) electrons. The van der Waals surface area contributed by atoms with E-state index in [0.29, 0.717) is 5.75 Å².